The quantitative estimate of drug-likeness (QED) is 0.706. The number of carbonyl (C=O) groups excluding carboxylic acids is 1. The summed E-state index contributed by atoms with van der Waals surface area (Å²) in [4.78, 5) is 12.2. The Morgan fingerprint density at radius 3 is 2.47 bits per heavy atom. The van der Waals surface area contributed by atoms with E-state index in [9.17, 15) is 13.6 Å². The third-order valence-corrected chi connectivity index (χ3v) is 3.49. The zero-order valence-electron chi connectivity index (χ0n) is 9.81. The molecule has 0 heterocycles. The van der Waals surface area contributed by atoms with E-state index < -0.39 is 17.4 Å². The lowest BCUT2D eigenvalue weighted by molar-refractivity contribution is 0.103. The molecule has 0 aliphatic heterocycles. The largest absolute Gasteiger partial charge is 0.288 e. The van der Waals surface area contributed by atoms with E-state index >= 15 is 0 Å². The summed E-state index contributed by atoms with van der Waals surface area (Å²) in [6.07, 6.45) is 0. The summed E-state index contributed by atoms with van der Waals surface area (Å²) < 4.78 is 27.8. The van der Waals surface area contributed by atoms with E-state index in [4.69, 9.17) is 11.6 Å². The molecule has 0 spiro atoms. The van der Waals surface area contributed by atoms with Gasteiger partial charge in [0, 0.05) is 10.0 Å². The van der Waals surface area contributed by atoms with E-state index in [1.165, 1.54) is 19.1 Å². The lowest BCUT2D eigenvalue weighted by atomic mass is 10.0. The molecule has 0 aliphatic carbocycles. The highest BCUT2D eigenvalue weighted by atomic mass is 79.9. The first kappa shape index (κ1) is 14.2. The molecule has 0 aromatic heterocycles. The Morgan fingerprint density at radius 1 is 1.11 bits per heavy atom. The molecule has 0 unspecified atom stereocenters. The summed E-state index contributed by atoms with van der Waals surface area (Å²) in [6.45, 7) is 1.43. The Bertz CT molecular complexity index is 671. The van der Waals surface area contributed by atoms with Crippen molar-refractivity contribution >= 4 is 33.3 Å². The van der Waals surface area contributed by atoms with Crippen molar-refractivity contribution in [3.8, 4) is 0 Å². The van der Waals surface area contributed by atoms with Crippen molar-refractivity contribution in [3.63, 3.8) is 0 Å². The van der Waals surface area contributed by atoms with E-state index in [2.05, 4.69) is 15.9 Å². The summed E-state index contributed by atoms with van der Waals surface area (Å²) in [6, 6.07) is 6.53. The highest BCUT2D eigenvalue weighted by Crippen LogP contribution is 2.25. The fourth-order valence-corrected chi connectivity index (χ4v) is 2.20. The van der Waals surface area contributed by atoms with Gasteiger partial charge in [0.05, 0.1) is 10.6 Å². The molecular formula is C14H8BrClF2O. The molecule has 1 nitrogen and oxygen atoms in total. The van der Waals surface area contributed by atoms with Gasteiger partial charge in [-0.1, -0.05) is 27.5 Å². The van der Waals surface area contributed by atoms with Gasteiger partial charge >= 0.3 is 0 Å². The summed E-state index contributed by atoms with van der Waals surface area (Å²) >= 11 is 9.11. The van der Waals surface area contributed by atoms with Crippen LogP contribution in [0, 0.1) is 18.6 Å². The second-order valence-corrected chi connectivity index (χ2v) is 5.36. The Kier molecular flexibility index (Phi) is 4.02. The maximum atomic E-state index is 13.8. The first-order valence-electron chi connectivity index (χ1n) is 5.35. The summed E-state index contributed by atoms with van der Waals surface area (Å²) in [5.41, 5.74) is -0.0596. The van der Waals surface area contributed by atoms with E-state index in [1.807, 2.05) is 0 Å². The maximum Gasteiger partial charge on any atom is 0.197 e. The number of hydrogen-bond donors (Lipinski definition) is 0. The van der Waals surface area contributed by atoms with Gasteiger partial charge in [-0.05, 0) is 42.8 Å². The molecule has 0 saturated carbocycles. The van der Waals surface area contributed by atoms with Crippen LogP contribution in [-0.2, 0) is 0 Å². The molecule has 19 heavy (non-hydrogen) atoms. The zero-order chi connectivity index (χ0) is 14.2. The van der Waals surface area contributed by atoms with Gasteiger partial charge in [0.15, 0.2) is 5.78 Å². The minimum absolute atomic E-state index is 0.123. The predicted octanol–water partition coefficient (Wildman–Crippen LogP) is 4.92. The SMILES string of the molecule is Cc1cc(F)c(C(=O)c2cc(Br)ccc2Cl)cc1F. The van der Waals surface area contributed by atoms with Gasteiger partial charge in [-0.15, -0.1) is 0 Å². The molecule has 0 N–H and O–H groups in total. The van der Waals surface area contributed by atoms with Gasteiger partial charge in [-0.2, -0.15) is 0 Å². The Morgan fingerprint density at radius 2 is 1.79 bits per heavy atom. The normalized spacial score (nSPS) is 10.6. The first-order chi connectivity index (χ1) is 8.90. The number of halogens is 4. The topological polar surface area (TPSA) is 17.1 Å². The molecule has 2 rings (SSSR count). The standard InChI is InChI=1S/C14H8BrClF2O/c1-7-4-13(18)10(6-12(7)17)14(19)9-5-8(15)2-3-11(9)16/h2-6H,1H3. The third-order valence-electron chi connectivity index (χ3n) is 2.67. The van der Waals surface area contributed by atoms with Crippen LogP contribution in [0.2, 0.25) is 5.02 Å². The van der Waals surface area contributed by atoms with Crippen molar-refractivity contribution in [2.45, 2.75) is 6.92 Å². The van der Waals surface area contributed by atoms with Crippen LogP contribution in [-0.4, -0.2) is 5.78 Å². The average molecular weight is 346 g/mol. The number of aryl methyl sites for hydroxylation is 1. The van der Waals surface area contributed by atoms with Gasteiger partial charge in [-0.25, -0.2) is 8.78 Å². The van der Waals surface area contributed by atoms with Crippen molar-refractivity contribution < 1.29 is 13.6 Å². The Balaban J connectivity index is 2.56. The highest BCUT2D eigenvalue weighted by Gasteiger charge is 2.19. The van der Waals surface area contributed by atoms with Gasteiger partial charge in [0.1, 0.15) is 11.6 Å². The van der Waals surface area contributed by atoms with E-state index in [1.54, 1.807) is 6.07 Å². The number of benzene rings is 2. The van der Waals surface area contributed by atoms with Crippen molar-refractivity contribution in [1.29, 1.82) is 0 Å². The first-order valence-corrected chi connectivity index (χ1v) is 6.52. The third kappa shape index (κ3) is 2.85. The van der Waals surface area contributed by atoms with Crippen LogP contribution in [0.5, 0.6) is 0 Å². The molecule has 5 heteroatoms. The Labute approximate surface area is 122 Å². The second-order valence-electron chi connectivity index (χ2n) is 4.03. The van der Waals surface area contributed by atoms with Gasteiger partial charge in [0.2, 0.25) is 0 Å². The summed E-state index contributed by atoms with van der Waals surface area (Å²) in [7, 11) is 0. The average Bonchev–Trinajstić information content (AvgIpc) is 2.36. The second kappa shape index (κ2) is 5.39. The number of ketones is 1. The summed E-state index contributed by atoms with van der Waals surface area (Å²) in [5.74, 6) is -2.04. The maximum absolute atomic E-state index is 13.8. The van der Waals surface area contributed by atoms with Crippen molar-refractivity contribution in [2.75, 3.05) is 0 Å². The van der Waals surface area contributed by atoms with E-state index in [0.29, 0.717) is 4.47 Å². The molecule has 0 fully saturated rings. The molecule has 0 amide bonds. The molecule has 0 bridgehead atoms. The fraction of sp³-hybridized carbons (Fsp3) is 0.0714. The lowest BCUT2D eigenvalue weighted by Crippen LogP contribution is -2.06. The van der Waals surface area contributed by atoms with Crippen LogP contribution >= 0.6 is 27.5 Å². The fourth-order valence-electron chi connectivity index (χ4n) is 1.64. The lowest BCUT2D eigenvalue weighted by Gasteiger charge is -2.07. The minimum atomic E-state index is -0.764. The monoisotopic (exact) mass is 344 g/mol. The van der Waals surface area contributed by atoms with Crippen LogP contribution in [0.25, 0.3) is 0 Å². The van der Waals surface area contributed by atoms with Crippen molar-refractivity contribution in [2.24, 2.45) is 0 Å². The number of rotatable bonds is 2. The number of carbonyl (C=O) groups is 1. The molecule has 0 saturated heterocycles. The van der Waals surface area contributed by atoms with Crippen LogP contribution < -0.4 is 0 Å². The van der Waals surface area contributed by atoms with Gasteiger partial charge in [0.25, 0.3) is 0 Å². The molecule has 0 atom stereocenters. The van der Waals surface area contributed by atoms with Crippen molar-refractivity contribution in [3.05, 3.63) is 68.2 Å². The summed E-state index contributed by atoms with van der Waals surface area (Å²) in [5, 5.41) is 0.189. The molecule has 2 aromatic carbocycles. The molecule has 2 aromatic rings. The van der Waals surface area contributed by atoms with Crippen LogP contribution in [0.4, 0.5) is 8.78 Å². The van der Waals surface area contributed by atoms with Crippen LogP contribution in [0.3, 0.4) is 0 Å². The zero-order valence-corrected chi connectivity index (χ0v) is 12.1. The highest BCUT2D eigenvalue weighted by molar-refractivity contribution is 9.10. The van der Waals surface area contributed by atoms with Crippen LogP contribution in [0.1, 0.15) is 21.5 Å². The molecule has 0 radical (unpaired) electrons. The molecule has 98 valence electrons. The van der Waals surface area contributed by atoms with Crippen molar-refractivity contribution in [1.82, 2.24) is 0 Å². The van der Waals surface area contributed by atoms with E-state index in [-0.39, 0.29) is 21.7 Å². The smallest absolute Gasteiger partial charge is 0.197 e. The van der Waals surface area contributed by atoms with Gasteiger partial charge < -0.3 is 0 Å². The Hall–Kier alpha value is -1.26. The van der Waals surface area contributed by atoms with Gasteiger partial charge in [-0.3, -0.25) is 4.79 Å². The minimum Gasteiger partial charge on any atom is -0.288 e. The molecule has 0 aliphatic rings. The van der Waals surface area contributed by atoms with E-state index in [0.717, 1.165) is 12.1 Å². The predicted molar refractivity (Wildman–Crippen MR) is 73.7 cm³/mol. The number of hydrogen-bond acceptors (Lipinski definition) is 1. The molecular weight excluding hydrogens is 338 g/mol. The van der Waals surface area contributed by atoms with Crippen LogP contribution in [0.15, 0.2) is 34.8 Å².